The van der Waals surface area contributed by atoms with E-state index in [1.807, 2.05) is 0 Å². The number of nitrogens with one attached hydrogen (secondary N) is 1. The zero-order valence-corrected chi connectivity index (χ0v) is 12.9. The molecule has 6 heteroatoms. The van der Waals surface area contributed by atoms with E-state index in [1.54, 1.807) is 31.2 Å². The Morgan fingerprint density at radius 1 is 1.38 bits per heavy atom. The van der Waals surface area contributed by atoms with Crippen LogP contribution in [0.4, 0.5) is 0 Å². The van der Waals surface area contributed by atoms with Crippen molar-refractivity contribution in [3.8, 4) is 0 Å². The summed E-state index contributed by atoms with van der Waals surface area (Å²) in [6.45, 7) is 5.43. The molecule has 2 N–H and O–H groups in total. The van der Waals surface area contributed by atoms with E-state index in [2.05, 4.69) is 10.2 Å². The maximum atomic E-state index is 12.0. The van der Waals surface area contributed by atoms with Gasteiger partial charge < -0.3 is 15.2 Å². The van der Waals surface area contributed by atoms with E-state index in [-0.39, 0.29) is 12.5 Å². The highest BCUT2D eigenvalue weighted by atomic mass is 35.5. The average Bonchev–Trinajstić information content (AvgIpc) is 2.46. The van der Waals surface area contributed by atoms with Gasteiger partial charge in [0.05, 0.1) is 18.8 Å². The average molecular weight is 313 g/mol. The van der Waals surface area contributed by atoms with E-state index in [1.165, 1.54) is 0 Å². The van der Waals surface area contributed by atoms with Gasteiger partial charge in [0.15, 0.2) is 0 Å². The first-order chi connectivity index (χ1) is 9.96. The molecule has 21 heavy (non-hydrogen) atoms. The van der Waals surface area contributed by atoms with Crippen molar-refractivity contribution in [3.63, 3.8) is 0 Å². The minimum atomic E-state index is -0.973. The minimum absolute atomic E-state index is 0.200. The molecule has 116 valence electrons. The van der Waals surface area contributed by atoms with E-state index < -0.39 is 5.60 Å². The van der Waals surface area contributed by atoms with E-state index in [0.29, 0.717) is 30.3 Å². The molecule has 2 rings (SSSR count). The molecule has 0 aliphatic carbocycles. The number of hydrogen-bond acceptors (Lipinski definition) is 4. The van der Waals surface area contributed by atoms with Crippen molar-refractivity contribution in [2.75, 3.05) is 39.4 Å². The number of carbonyl (C=O) groups is 1. The number of halogens is 1. The topological polar surface area (TPSA) is 61.8 Å². The normalized spacial score (nSPS) is 19.0. The van der Waals surface area contributed by atoms with Crippen molar-refractivity contribution in [1.82, 2.24) is 10.2 Å². The van der Waals surface area contributed by atoms with Crippen molar-refractivity contribution in [3.05, 3.63) is 34.9 Å². The van der Waals surface area contributed by atoms with Crippen LogP contribution in [0.15, 0.2) is 24.3 Å². The van der Waals surface area contributed by atoms with Crippen LogP contribution >= 0.6 is 11.6 Å². The maximum Gasteiger partial charge on any atom is 0.251 e. The molecular weight excluding hydrogens is 292 g/mol. The van der Waals surface area contributed by atoms with Crippen LogP contribution in [0.25, 0.3) is 0 Å². The van der Waals surface area contributed by atoms with Gasteiger partial charge in [-0.2, -0.15) is 0 Å². The van der Waals surface area contributed by atoms with Gasteiger partial charge in [0, 0.05) is 36.8 Å². The Morgan fingerprint density at radius 2 is 2.00 bits per heavy atom. The van der Waals surface area contributed by atoms with Crippen LogP contribution in [0.1, 0.15) is 17.3 Å². The van der Waals surface area contributed by atoms with Crippen LogP contribution in [-0.2, 0) is 4.74 Å². The van der Waals surface area contributed by atoms with Crippen molar-refractivity contribution in [1.29, 1.82) is 0 Å². The smallest absolute Gasteiger partial charge is 0.251 e. The van der Waals surface area contributed by atoms with Crippen LogP contribution in [0, 0.1) is 0 Å². The highest BCUT2D eigenvalue weighted by molar-refractivity contribution is 6.30. The number of hydrogen-bond donors (Lipinski definition) is 2. The summed E-state index contributed by atoms with van der Waals surface area (Å²) < 4.78 is 5.28. The van der Waals surface area contributed by atoms with Gasteiger partial charge >= 0.3 is 0 Å². The van der Waals surface area contributed by atoms with E-state index >= 15 is 0 Å². The summed E-state index contributed by atoms with van der Waals surface area (Å²) in [6, 6.07) is 6.66. The van der Waals surface area contributed by atoms with Gasteiger partial charge in [0.25, 0.3) is 5.91 Å². The Labute approximate surface area is 129 Å². The number of nitrogens with zero attached hydrogens (tertiary/aromatic N) is 1. The second-order valence-corrected chi connectivity index (χ2v) is 6.01. The molecule has 1 aromatic rings. The summed E-state index contributed by atoms with van der Waals surface area (Å²) in [5, 5.41) is 13.7. The van der Waals surface area contributed by atoms with E-state index in [4.69, 9.17) is 16.3 Å². The molecule has 1 unspecified atom stereocenters. The molecule has 1 aliphatic rings. The number of β-amino-alcohol motifs (C(OH)–C–C–N with tert-alkyl or cyclic N) is 1. The molecule has 1 aliphatic heterocycles. The molecule has 0 spiro atoms. The Bertz CT molecular complexity index is 470. The number of ether oxygens (including phenoxy) is 1. The Balaban J connectivity index is 1.82. The van der Waals surface area contributed by atoms with Crippen LogP contribution in [-0.4, -0.2) is 60.9 Å². The molecule has 1 amide bonds. The fourth-order valence-corrected chi connectivity index (χ4v) is 2.40. The molecule has 1 heterocycles. The summed E-state index contributed by atoms with van der Waals surface area (Å²) in [5.74, 6) is -0.214. The lowest BCUT2D eigenvalue weighted by Crippen LogP contribution is -2.51. The summed E-state index contributed by atoms with van der Waals surface area (Å²) in [4.78, 5) is 14.1. The lowest BCUT2D eigenvalue weighted by molar-refractivity contribution is -0.0213. The fourth-order valence-electron chi connectivity index (χ4n) is 2.27. The first-order valence-electron chi connectivity index (χ1n) is 7.02. The molecule has 1 aromatic carbocycles. The predicted molar refractivity (Wildman–Crippen MR) is 81.7 cm³/mol. The molecule has 5 nitrogen and oxygen atoms in total. The van der Waals surface area contributed by atoms with Gasteiger partial charge in [-0.1, -0.05) is 11.6 Å². The van der Waals surface area contributed by atoms with Gasteiger partial charge in [-0.25, -0.2) is 0 Å². The van der Waals surface area contributed by atoms with Gasteiger partial charge in [0.2, 0.25) is 0 Å². The lowest BCUT2D eigenvalue weighted by Gasteiger charge is -2.33. The van der Waals surface area contributed by atoms with Crippen LogP contribution in [0.2, 0.25) is 5.02 Å². The van der Waals surface area contributed by atoms with Gasteiger partial charge in [0.1, 0.15) is 0 Å². The Morgan fingerprint density at radius 3 is 2.62 bits per heavy atom. The molecule has 0 aromatic heterocycles. The van der Waals surface area contributed by atoms with Gasteiger partial charge in [-0.05, 0) is 31.2 Å². The standard InChI is InChI=1S/C15H21ClN2O3/c1-15(20,11-18-6-8-21-9-7-18)10-17-14(19)12-2-4-13(16)5-3-12/h2-5,20H,6-11H2,1H3,(H,17,19). The summed E-state index contributed by atoms with van der Waals surface area (Å²) in [5.41, 5.74) is -0.444. The third-order valence-electron chi connectivity index (χ3n) is 3.40. The van der Waals surface area contributed by atoms with Crippen LogP contribution in [0.5, 0.6) is 0 Å². The third-order valence-corrected chi connectivity index (χ3v) is 3.66. The molecule has 1 fully saturated rings. The van der Waals surface area contributed by atoms with Gasteiger partial charge in [-0.15, -0.1) is 0 Å². The van der Waals surface area contributed by atoms with E-state index in [9.17, 15) is 9.90 Å². The van der Waals surface area contributed by atoms with Crippen LogP contribution < -0.4 is 5.32 Å². The number of benzene rings is 1. The van der Waals surface area contributed by atoms with Crippen LogP contribution in [0.3, 0.4) is 0 Å². The minimum Gasteiger partial charge on any atom is -0.387 e. The SMILES string of the molecule is CC(O)(CNC(=O)c1ccc(Cl)cc1)CN1CCOCC1. The van der Waals surface area contributed by atoms with Crippen molar-refractivity contribution in [2.45, 2.75) is 12.5 Å². The highest BCUT2D eigenvalue weighted by Crippen LogP contribution is 2.11. The summed E-state index contributed by atoms with van der Waals surface area (Å²) in [6.07, 6.45) is 0. The van der Waals surface area contributed by atoms with Crippen molar-refractivity contribution in [2.24, 2.45) is 0 Å². The number of amides is 1. The molecule has 0 radical (unpaired) electrons. The third kappa shape index (κ3) is 5.28. The first kappa shape index (κ1) is 16.2. The zero-order valence-electron chi connectivity index (χ0n) is 12.1. The number of morpholine rings is 1. The number of aliphatic hydroxyl groups is 1. The second kappa shape index (κ2) is 7.22. The number of carbonyl (C=O) groups excluding carboxylic acids is 1. The van der Waals surface area contributed by atoms with Crippen molar-refractivity contribution < 1.29 is 14.6 Å². The Hall–Kier alpha value is -1.14. The summed E-state index contributed by atoms with van der Waals surface area (Å²) >= 11 is 5.79. The first-order valence-corrected chi connectivity index (χ1v) is 7.40. The molecule has 0 saturated carbocycles. The molecular formula is C15H21ClN2O3. The second-order valence-electron chi connectivity index (χ2n) is 5.58. The monoisotopic (exact) mass is 312 g/mol. The van der Waals surface area contributed by atoms with E-state index in [0.717, 1.165) is 13.1 Å². The zero-order chi connectivity index (χ0) is 15.3. The summed E-state index contributed by atoms with van der Waals surface area (Å²) in [7, 11) is 0. The lowest BCUT2D eigenvalue weighted by atomic mass is 10.1. The largest absolute Gasteiger partial charge is 0.387 e. The highest BCUT2D eigenvalue weighted by Gasteiger charge is 2.26. The quantitative estimate of drug-likeness (QED) is 0.856. The maximum absolute atomic E-state index is 12.0. The van der Waals surface area contributed by atoms with Gasteiger partial charge in [-0.3, -0.25) is 9.69 Å². The van der Waals surface area contributed by atoms with Crippen molar-refractivity contribution >= 4 is 17.5 Å². The Kier molecular flexibility index (Phi) is 5.58. The predicted octanol–water partition coefficient (Wildman–Crippen LogP) is 1.15. The fraction of sp³-hybridized carbons (Fsp3) is 0.533. The molecule has 1 saturated heterocycles. The molecule has 1 atom stereocenters. The molecule has 0 bridgehead atoms. The number of rotatable bonds is 5.